The number of carbonyl (C=O) groups excluding carboxylic acids is 2. The molecule has 84 valence electrons. The third-order valence-corrected chi connectivity index (χ3v) is 2.69. The van der Waals surface area contributed by atoms with E-state index in [0.29, 0.717) is 13.0 Å². The molecule has 1 aromatic carbocycles. The van der Waals surface area contributed by atoms with E-state index < -0.39 is 23.5 Å². The molecule has 1 aliphatic heterocycles. The molecule has 1 atom stereocenters. The number of hydrogen-bond acceptors (Lipinski definition) is 2. The minimum atomic E-state index is -0.820. The van der Waals surface area contributed by atoms with Crippen LogP contribution in [0.1, 0.15) is 6.42 Å². The fourth-order valence-electron chi connectivity index (χ4n) is 1.85. The topological polar surface area (TPSA) is 63.4 Å². The van der Waals surface area contributed by atoms with Crippen LogP contribution in [0.5, 0.6) is 0 Å². The first-order valence-electron chi connectivity index (χ1n) is 4.96. The Bertz CT molecular complexity index is 447. The highest BCUT2D eigenvalue weighted by Crippen LogP contribution is 2.26. The molecule has 5 heteroatoms. The molecule has 2 rings (SSSR count). The summed E-state index contributed by atoms with van der Waals surface area (Å²) < 4.78 is 13.4. The Morgan fingerprint density at radius 1 is 1.44 bits per heavy atom. The second kappa shape index (κ2) is 3.92. The zero-order valence-electron chi connectivity index (χ0n) is 8.52. The summed E-state index contributed by atoms with van der Waals surface area (Å²) in [6.07, 6.45) is 0.350. The lowest BCUT2D eigenvalue weighted by molar-refractivity contribution is -0.130. The fourth-order valence-corrected chi connectivity index (χ4v) is 1.85. The van der Waals surface area contributed by atoms with E-state index in [4.69, 9.17) is 5.73 Å². The number of para-hydroxylation sites is 1. The van der Waals surface area contributed by atoms with Gasteiger partial charge < -0.3 is 10.6 Å². The number of rotatable bonds is 2. The Balaban J connectivity index is 2.29. The zero-order chi connectivity index (χ0) is 11.7. The lowest BCUT2D eigenvalue weighted by atomic mass is 10.1. The first-order valence-corrected chi connectivity index (χ1v) is 4.96. The van der Waals surface area contributed by atoms with Crippen LogP contribution in [0.3, 0.4) is 0 Å². The van der Waals surface area contributed by atoms with E-state index in [0.717, 1.165) is 0 Å². The largest absolute Gasteiger partial charge is 0.369 e. The highest BCUT2D eigenvalue weighted by atomic mass is 19.1. The third kappa shape index (κ3) is 1.64. The van der Waals surface area contributed by atoms with Crippen molar-refractivity contribution in [2.24, 2.45) is 11.7 Å². The van der Waals surface area contributed by atoms with Gasteiger partial charge in [-0.25, -0.2) is 4.39 Å². The molecule has 0 saturated carbocycles. The van der Waals surface area contributed by atoms with Gasteiger partial charge in [-0.3, -0.25) is 9.59 Å². The Morgan fingerprint density at radius 2 is 2.12 bits per heavy atom. The highest BCUT2D eigenvalue weighted by Gasteiger charge is 2.37. The number of anilines is 1. The van der Waals surface area contributed by atoms with Crippen LogP contribution in [0.15, 0.2) is 24.3 Å². The maximum absolute atomic E-state index is 13.4. The monoisotopic (exact) mass is 222 g/mol. The summed E-state index contributed by atoms with van der Waals surface area (Å²) in [6.45, 7) is 0.327. The molecule has 4 nitrogen and oxygen atoms in total. The summed E-state index contributed by atoms with van der Waals surface area (Å²) >= 11 is 0. The third-order valence-electron chi connectivity index (χ3n) is 2.69. The van der Waals surface area contributed by atoms with Gasteiger partial charge in [0.25, 0.3) is 0 Å². The quantitative estimate of drug-likeness (QED) is 0.747. The number of amides is 2. The van der Waals surface area contributed by atoms with Gasteiger partial charge in [-0.1, -0.05) is 12.1 Å². The van der Waals surface area contributed by atoms with Crippen molar-refractivity contribution in [3.63, 3.8) is 0 Å². The van der Waals surface area contributed by atoms with E-state index in [1.165, 1.54) is 17.0 Å². The van der Waals surface area contributed by atoms with Gasteiger partial charge in [0.1, 0.15) is 11.7 Å². The minimum Gasteiger partial charge on any atom is -0.369 e. The standard InChI is InChI=1S/C11H11FN2O2/c12-8-3-1-2-4-9(8)14-6-5-7(10(13)15)11(14)16/h1-4,7H,5-6H2,(H2,13,15). The second-order valence-corrected chi connectivity index (χ2v) is 3.68. The average Bonchev–Trinajstić information content (AvgIpc) is 2.61. The van der Waals surface area contributed by atoms with Crippen LogP contribution in [-0.2, 0) is 9.59 Å². The Hall–Kier alpha value is -1.91. The van der Waals surface area contributed by atoms with E-state index in [1.54, 1.807) is 12.1 Å². The average molecular weight is 222 g/mol. The maximum Gasteiger partial charge on any atom is 0.239 e. The molecule has 1 unspecified atom stereocenters. The van der Waals surface area contributed by atoms with Crippen molar-refractivity contribution in [1.29, 1.82) is 0 Å². The van der Waals surface area contributed by atoms with Crippen molar-refractivity contribution < 1.29 is 14.0 Å². The molecule has 1 heterocycles. The van der Waals surface area contributed by atoms with Crippen molar-refractivity contribution in [3.8, 4) is 0 Å². The Kier molecular flexibility index (Phi) is 2.60. The van der Waals surface area contributed by atoms with Crippen LogP contribution >= 0.6 is 0 Å². The van der Waals surface area contributed by atoms with Crippen LogP contribution < -0.4 is 10.6 Å². The Morgan fingerprint density at radius 3 is 2.69 bits per heavy atom. The molecular formula is C11H11FN2O2. The van der Waals surface area contributed by atoms with Gasteiger partial charge in [-0.05, 0) is 18.6 Å². The molecule has 0 aliphatic carbocycles. The van der Waals surface area contributed by atoms with E-state index in [2.05, 4.69) is 0 Å². The van der Waals surface area contributed by atoms with Crippen molar-refractivity contribution in [1.82, 2.24) is 0 Å². The van der Waals surface area contributed by atoms with Crippen molar-refractivity contribution in [2.75, 3.05) is 11.4 Å². The van der Waals surface area contributed by atoms with Gasteiger partial charge >= 0.3 is 0 Å². The van der Waals surface area contributed by atoms with Crippen LogP contribution in [0.25, 0.3) is 0 Å². The summed E-state index contributed by atoms with van der Waals surface area (Å²) in [5.74, 6) is -2.36. The SMILES string of the molecule is NC(=O)C1CCN(c2ccccc2F)C1=O. The first kappa shape index (κ1) is 10.6. The zero-order valence-corrected chi connectivity index (χ0v) is 8.52. The fraction of sp³-hybridized carbons (Fsp3) is 0.273. The highest BCUT2D eigenvalue weighted by molar-refractivity contribution is 6.09. The van der Waals surface area contributed by atoms with Crippen LogP contribution in [-0.4, -0.2) is 18.4 Å². The summed E-state index contributed by atoms with van der Waals surface area (Å²) in [5, 5.41) is 0. The molecule has 0 aromatic heterocycles. The summed E-state index contributed by atoms with van der Waals surface area (Å²) in [5.41, 5.74) is 5.29. The van der Waals surface area contributed by atoms with Gasteiger partial charge in [0, 0.05) is 6.54 Å². The molecule has 0 spiro atoms. The van der Waals surface area contributed by atoms with E-state index >= 15 is 0 Å². The second-order valence-electron chi connectivity index (χ2n) is 3.68. The number of benzene rings is 1. The number of nitrogens with zero attached hydrogens (tertiary/aromatic N) is 1. The van der Waals surface area contributed by atoms with Gasteiger partial charge in [0.2, 0.25) is 11.8 Å². The molecular weight excluding hydrogens is 211 g/mol. The van der Waals surface area contributed by atoms with E-state index in [1.807, 2.05) is 0 Å². The predicted molar refractivity (Wildman–Crippen MR) is 56.1 cm³/mol. The summed E-state index contributed by atoms with van der Waals surface area (Å²) in [7, 11) is 0. The van der Waals surface area contributed by atoms with Gasteiger partial charge in [-0.15, -0.1) is 0 Å². The number of halogens is 1. The minimum absolute atomic E-state index is 0.205. The van der Waals surface area contributed by atoms with Crippen molar-refractivity contribution in [3.05, 3.63) is 30.1 Å². The molecule has 0 radical (unpaired) electrons. The summed E-state index contributed by atoms with van der Waals surface area (Å²) in [6, 6.07) is 5.98. The normalized spacial score (nSPS) is 20.2. The molecule has 1 aromatic rings. The number of nitrogens with two attached hydrogens (primary N) is 1. The molecule has 2 amide bonds. The smallest absolute Gasteiger partial charge is 0.239 e. The summed E-state index contributed by atoms with van der Waals surface area (Å²) in [4.78, 5) is 24.0. The number of carbonyl (C=O) groups is 2. The van der Waals surface area contributed by atoms with Crippen molar-refractivity contribution >= 4 is 17.5 Å². The van der Waals surface area contributed by atoms with Gasteiger partial charge in [0.15, 0.2) is 0 Å². The molecule has 1 aliphatic rings. The van der Waals surface area contributed by atoms with Gasteiger partial charge in [-0.2, -0.15) is 0 Å². The van der Waals surface area contributed by atoms with Crippen LogP contribution in [0.2, 0.25) is 0 Å². The van der Waals surface area contributed by atoms with E-state index in [-0.39, 0.29) is 5.69 Å². The number of hydrogen-bond donors (Lipinski definition) is 1. The first-order chi connectivity index (χ1) is 7.61. The number of primary amides is 1. The molecule has 2 N–H and O–H groups in total. The molecule has 16 heavy (non-hydrogen) atoms. The van der Waals surface area contributed by atoms with E-state index in [9.17, 15) is 14.0 Å². The van der Waals surface area contributed by atoms with Crippen LogP contribution in [0.4, 0.5) is 10.1 Å². The Labute approximate surface area is 91.8 Å². The predicted octanol–water partition coefficient (Wildman–Crippen LogP) is 0.664. The maximum atomic E-state index is 13.4. The van der Waals surface area contributed by atoms with Crippen LogP contribution in [0, 0.1) is 11.7 Å². The molecule has 0 bridgehead atoms. The lowest BCUT2D eigenvalue weighted by Gasteiger charge is -2.16. The molecule has 1 saturated heterocycles. The molecule has 1 fully saturated rings. The van der Waals surface area contributed by atoms with Crippen molar-refractivity contribution in [2.45, 2.75) is 6.42 Å². The lowest BCUT2D eigenvalue weighted by Crippen LogP contribution is -2.33. The van der Waals surface area contributed by atoms with Gasteiger partial charge in [0.05, 0.1) is 5.69 Å².